The summed E-state index contributed by atoms with van der Waals surface area (Å²) in [6.07, 6.45) is -0.00212. The van der Waals surface area contributed by atoms with Gasteiger partial charge in [-0.2, -0.15) is 0 Å². The van der Waals surface area contributed by atoms with Gasteiger partial charge >= 0.3 is 0 Å². The van der Waals surface area contributed by atoms with Crippen molar-refractivity contribution in [1.29, 1.82) is 0 Å². The molecule has 3 N–H and O–H groups in total. The van der Waals surface area contributed by atoms with Crippen LogP contribution in [0, 0.1) is 5.82 Å². The number of halogens is 2. The summed E-state index contributed by atoms with van der Waals surface area (Å²) >= 11 is 6.04. The van der Waals surface area contributed by atoms with Gasteiger partial charge in [-0.05, 0) is 42.0 Å². The lowest BCUT2D eigenvalue weighted by molar-refractivity contribution is -0.115. The van der Waals surface area contributed by atoms with E-state index in [0.29, 0.717) is 10.6 Å². The van der Waals surface area contributed by atoms with Crippen molar-refractivity contribution < 1.29 is 22.3 Å². The fourth-order valence-electron chi connectivity index (χ4n) is 2.56. The number of benzene rings is 3. The summed E-state index contributed by atoms with van der Waals surface area (Å²) in [5.74, 6) is -1.39. The summed E-state index contributed by atoms with van der Waals surface area (Å²) in [5.41, 5.74) is 0.810. The summed E-state index contributed by atoms with van der Waals surface area (Å²) in [6.45, 7) is 0. The highest BCUT2D eigenvalue weighted by Gasteiger charge is 2.19. The maximum Gasteiger partial charge on any atom is 0.241 e. The fraction of sp³-hybridized carbons (Fsp3) is 0.0500. The van der Waals surface area contributed by atoms with Gasteiger partial charge in [0.15, 0.2) is 11.6 Å². The second-order valence-electron chi connectivity index (χ2n) is 6.06. The van der Waals surface area contributed by atoms with Crippen LogP contribution < -0.4 is 15.2 Å². The average molecular weight is 435 g/mol. The van der Waals surface area contributed by atoms with Gasteiger partial charge in [-0.3, -0.25) is 4.79 Å². The van der Waals surface area contributed by atoms with E-state index in [-0.39, 0.29) is 23.6 Å². The molecule has 3 aromatic carbocycles. The van der Waals surface area contributed by atoms with Crippen molar-refractivity contribution in [2.24, 2.45) is 5.14 Å². The molecule has 0 aliphatic carbocycles. The van der Waals surface area contributed by atoms with E-state index in [2.05, 4.69) is 5.32 Å². The van der Waals surface area contributed by atoms with Crippen molar-refractivity contribution in [3.05, 3.63) is 83.1 Å². The number of amides is 1. The van der Waals surface area contributed by atoms with E-state index in [4.69, 9.17) is 21.5 Å². The number of carbonyl (C=O) groups is 1. The summed E-state index contributed by atoms with van der Waals surface area (Å²) in [5, 5.41) is 8.29. The van der Waals surface area contributed by atoms with Crippen LogP contribution in [-0.4, -0.2) is 14.3 Å². The molecule has 0 radical (unpaired) electrons. The molecule has 0 unspecified atom stereocenters. The maximum absolute atomic E-state index is 13.8. The first kappa shape index (κ1) is 20.8. The quantitative estimate of drug-likeness (QED) is 0.610. The van der Waals surface area contributed by atoms with E-state index in [1.54, 1.807) is 30.3 Å². The molecule has 0 aromatic heterocycles. The van der Waals surface area contributed by atoms with Crippen LogP contribution in [0.25, 0.3) is 0 Å². The van der Waals surface area contributed by atoms with Crippen LogP contribution in [0.3, 0.4) is 0 Å². The number of rotatable bonds is 6. The Morgan fingerprint density at radius 1 is 1.03 bits per heavy atom. The van der Waals surface area contributed by atoms with Gasteiger partial charge in [0.25, 0.3) is 0 Å². The number of hydrogen-bond acceptors (Lipinski definition) is 4. The number of primary sulfonamides is 1. The first-order valence-corrected chi connectivity index (χ1v) is 10.3. The lowest BCUT2D eigenvalue weighted by Gasteiger charge is -2.13. The molecular weight excluding hydrogens is 419 g/mol. The molecule has 1 amide bonds. The summed E-state index contributed by atoms with van der Waals surface area (Å²) in [6, 6.07) is 16.3. The Labute approximate surface area is 172 Å². The normalized spacial score (nSPS) is 11.1. The summed E-state index contributed by atoms with van der Waals surface area (Å²) < 4.78 is 43.1. The molecule has 0 saturated heterocycles. The average Bonchev–Trinajstić information content (AvgIpc) is 2.66. The molecule has 3 aromatic rings. The van der Waals surface area contributed by atoms with Crippen LogP contribution in [-0.2, 0) is 21.2 Å². The minimum Gasteiger partial charge on any atom is -0.453 e. The number of para-hydroxylation sites is 1. The second-order valence-corrected chi connectivity index (χ2v) is 7.99. The molecule has 0 heterocycles. The predicted octanol–water partition coefficient (Wildman–Crippen LogP) is 4.10. The molecule has 0 saturated carbocycles. The van der Waals surface area contributed by atoms with Gasteiger partial charge in [0.2, 0.25) is 15.9 Å². The zero-order valence-corrected chi connectivity index (χ0v) is 16.5. The first-order valence-electron chi connectivity index (χ1n) is 8.36. The third kappa shape index (κ3) is 5.32. The van der Waals surface area contributed by atoms with E-state index >= 15 is 0 Å². The Balaban J connectivity index is 1.85. The molecule has 9 heteroatoms. The summed E-state index contributed by atoms with van der Waals surface area (Å²) in [7, 11) is -4.21. The van der Waals surface area contributed by atoms with Gasteiger partial charge < -0.3 is 10.1 Å². The van der Waals surface area contributed by atoms with Crippen molar-refractivity contribution in [2.45, 2.75) is 11.3 Å². The van der Waals surface area contributed by atoms with Gasteiger partial charge in [0.05, 0.1) is 6.42 Å². The standard InChI is InChI=1S/C20H16ClFN2O4S/c21-15-6-2-1-5-13(15)11-20(25)24-14-9-10-18(19(12-14)29(23,26)27)28-17-8-4-3-7-16(17)22/h1-10,12H,11H2,(H,24,25)(H2,23,26,27). The molecule has 0 atom stereocenters. The molecule has 150 valence electrons. The molecule has 29 heavy (non-hydrogen) atoms. The molecular formula is C20H16ClFN2O4S. The maximum atomic E-state index is 13.8. The fourth-order valence-corrected chi connectivity index (χ4v) is 3.44. The van der Waals surface area contributed by atoms with Crippen molar-refractivity contribution in [3.8, 4) is 11.5 Å². The van der Waals surface area contributed by atoms with Crippen molar-refractivity contribution in [3.63, 3.8) is 0 Å². The number of nitrogens with one attached hydrogen (secondary N) is 1. The molecule has 0 fully saturated rings. The highest BCUT2D eigenvalue weighted by atomic mass is 35.5. The van der Waals surface area contributed by atoms with E-state index in [1.807, 2.05) is 0 Å². The largest absolute Gasteiger partial charge is 0.453 e. The minimum absolute atomic E-state index is 0.00212. The highest BCUT2D eigenvalue weighted by Crippen LogP contribution is 2.32. The highest BCUT2D eigenvalue weighted by molar-refractivity contribution is 7.89. The SMILES string of the molecule is NS(=O)(=O)c1cc(NC(=O)Cc2ccccc2Cl)ccc1Oc1ccccc1F. The summed E-state index contributed by atoms with van der Waals surface area (Å²) in [4.78, 5) is 11.9. The van der Waals surface area contributed by atoms with Crippen LogP contribution >= 0.6 is 11.6 Å². The second kappa shape index (κ2) is 8.60. The monoisotopic (exact) mass is 434 g/mol. The van der Waals surface area contributed by atoms with Gasteiger partial charge in [-0.1, -0.05) is 41.9 Å². The molecule has 0 aliphatic rings. The van der Waals surface area contributed by atoms with Crippen LogP contribution in [0.2, 0.25) is 5.02 Å². The third-order valence-corrected chi connectivity index (χ3v) is 5.20. The van der Waals surface area contributed by atoms with E-state index in [1.165, 1.54) is 30.3 Å². The van der Waals surface area contributed by atoms with Crippen LogP contribution in [0.5, 0.6) is 11.5 Å². The molecule has 0 aliphatic heterocycles. The van der Waals surface area contributed by atoms with Crippen LogP contribution in [0.15, 0.2) is 71.6 Å². The van der Waals surface area contributed by atoms with Gasteiger partial charge in [0.1, 0.15) is 10.6 Å². The lowest BCUT2D eigenvalue weighted by atomic mass is 10.1. The number of hydrogen-bond donors (Lipinski definition) is 2. The number of ether oxygens (including phenoxy) is 1. The van der Waals surface area contributed by atoms with Crippen molar-refractivity contribution in [1.82, 2.24) is 0 Å². The lowest BCUT2D eigenvalue weighted by Crippen LogP contribution is -2.17. The van der Waals surface area contributed by atoms with E-state index in [0.717, 1.165) is 6.07 Å². The zero-order chi connectivity index (χ0) is 21.0. The smallest absolute Gasteiger partial charge is 0.241 e. The topological polar surface area (TPSA) is 98.5 Å². The van der Waals surface area contributed by atoms with E-state index in [9.17, 15) is 17.6 Å². The number of carbonyl (C=O) groups excluding carboxylic acids is 1. The Hall–Kier alpha value is -2.94. The van der Waals surface area contributed by atoms with Crippen molar-refractivity contribution in [2.75, 3.05) is 5.32 Å². The van der Waals surface area contributed by atoms with Gasteiger partial charge in [-0.25, -0.2) is 17.9 Å². The van der Waals surface area contributed by atoms with Crippen LogP contribution in [0.1, 0.15) is 5.56 Å². The molecule has 0 bridgehead atoms. The molecule has 0 spiro atoms. The first-order chi connectivity index (χ1) is 13.7. The Bertz CT molecular complexity index is 1170. The number of sulfonamides is 1. The Morgan fingerprint density at radius 2 is 1.72 bits per heavy atom. The van der Waals surface area contributed by atoms with Crippen LogP contribution in [0.4, 0.5) is 10.1 Å². The number of nitrogens with two attached hydrogens (primary N) is 1. The minimum atomic E-state index is -4.21. The van der Waals surface area contributed by atoms with Gasteiger partial charge in [-0.15, -0.1) is 0 Å². The Morgan fingerprint density at radius 3 is 2.41 bits per heavy atom. The third-order valence-electron chi connectivity index (χ3n) is 3.90. The van der Waals surface area contributed by atoms with E-state index < -0.39 is 26.6 Å². The van der Waals surface area contributed by atoms with Crippen molar-refractivity contribution >= 4 is 33.2 Å². The number of anilines is 1. The van der Waals surface area contributed by atoms with Gasteiger partial charge in [0, 0.05) is 10.7 Å². The molecule has 3 rings (SSSR count). The predicted molar refractivity (Wildman–Crippen MR) is 108 cm³/mol. The Kier molecular flexibility index (Phi) is 6.17. The molecule has 6 nitrogen and oxygen atoms in total. The zero-order valence-electron chi connectivity index (χ0n) is 14.9.